The Hall–Kier alpha value is -1.35. The van der Waals surface area contributed by atoms with Crippen molar-refractivity contribution >= 4 is 27.5 Å². The summed E-state index contributed by atoms with van der Waals surface area (Å²) in [5.74, 6) is -0.0916. The van der Waals surface area contributed by atoms with Gasteiger partial charge in [-0.2, -0.15) is 4.31 Å². The predicted octanol–water partition coefficient (Wildman–Crippen LogP) is 1.39. The van der Waals surface area contributed by atoms with Gasteiger partial charge in [0, 0.05) is 26.2 Å². The maximum Gasteiger partial charge on any atom is 0.257 e. The summed E-state index contributed by atoms with van der Waals surface area (Å²) in [4.78, 5) is 11.7. The Kier molecular flexibility index (Phi) is 7.49. The summed E-state index contributed by atoms with van der Waals surface area (Å²) < 4.78 is 32.0. The highest BCUT2D eigenvalue weighted by atomic mass is 35.5. The van der Waals surface area contributed by atoms with Crippen molar-refractivity contribution in [3.05, 3.63) is 23.2 Å². The number of carbonyl (C=O) groups excluding carboxylic acids is 1. The zero-order valence-corrected chi connectivity index (χ0v) is 15.5. The molecule has 7 nitrogen and oxygen atoms in total. The lowest BCUT2D eigenvalue weighted by Gasteiger charge is -2.26. The minimum Gasteiger partial charge on any atom is -0.482 e. The third-order valence-electron chi connectivity index (χ3n) is 3.87. The third-order valence-corrected chi connectivity index (χ3v) is 6.06. The number of amides is 1. The summed E-state index contributed by atoms with van der Waals surface area (Å²) in [6.07, 6.45) is 3.23. The van der Waals surface area contributed by atoms with E-state index in [1.54, 1.807) is 0 Å². The van der Waals surface area contributed by atoms with Crippen molar-refractivity contribution in [2.45, 2.75) is 30.6 Å². The molecule has 0 atom stereocenters. The van der Waals surface area contributed by atoms with Crippen LogP contribution in [0.1, 0.15) is 25.7 Å². The van der Waals surface area contributed by atoms with Crippen molar-refractivity contribution in [1.82, 2.24) is 9.62 Å². The van der Waals surface area contributed by atoms with Gasteiger partial charge in [-0.05, 0) is 37.5 Å². The van der Waals surface area contributed by atoms with Crippen molar-refractivity contribution in [1.29, 1.82) is 0 Å². The van der Waals surface area contributed by atoms with Gasteiger partial charge in [0.15, 0.2) is 6.61 Å². The van der Waals surface area contributed by atoms with Crippen LogP contribution >= 0.6 is 11.6 Å². The normalized spacial score (nSPS) is 15.8. The molecule has 0 aliphatic carbocycles. The molecular formula is C16H23ClN2O5S. The number of nitrogens with one attached hydrogen (secondary N) is 1. The number of aliphatic hydroxyl groups is 1. The minimum atomic E-state index is -3.56. The first-order valence-corrected chi connectivity index (χ1v) is 10.1. The Morgan fingerprint density at radius 3 is 2.64 bits per heavy atom. The molecule has 140 valence electrons. The number of piperidine rings is 1. The molecule has 2 rings (SSSR count). The van der Waals surface area contributed by atoms with Crippen LogP contribution in [0.15, 0.2) is 23.1 Å². The number of nitrogens with zero attached hydrogens (tertiary/aromatic N) is 1. The van der Waals surface area contributed by atoms with E-state index in [-0.39, 0.29) is 34.8 Å². The Morgan fingerprint density at radius 1 is 1.28 bits per heavy atom. The van der Waals surface area contributed by atoms with Crippen LogP contribution in [0.3, 0.4) is 0 Å². The molecule has 1 fully saturated rings. The van der Waals surface area contributed by atoms with Crippen LogP contribution < -0.4 is 10.1 Å². The number of hydrogen-bond acceptors (Lipinski definition) is 5. The first-order valence-electron chi connectivity index (χ1n) is 8.25. The van der Waals surface area contributed by atoms with Gasteiger partial charge in [0.25, 0.3) is 5.91 Å². The number of sulfonamides is 1. The molecule has 0 bridgehead atoms. The van der Waals surface area contributed by atoms with Gasteiger partial charge >= 0.3 is 0 Å². The van der Waals surface area contributed by atoms with Crippen LogP contribution in [0, 0.1) is 0 Å². The van der Waals surface area contributed by atoms with Gasteiger partial charge in [0.1, 0.15) is 5.75 Å². The van der Waals surface area contributed by atoms with Crippen LogP contribution in [-0.2, 0) is 14.8 Å². The summed E-state index contributed by atoms with van der Waals surface area (Å²) in [5.41, 5.74) is 0. The molecule has 0 radical (unpaired) electrons. The quantitative estimate of drug-likeness (QED) is 0.654. The van der Waals surface area contributed by atoms with E-state index in [1.807, 2.05) is 0 Å². The van der Waals surface area contributed by atoms with Crippen LogP contribution in [0.4, 0.5) is 0 Å². The first kappa shape index (κ1) is 20.0. The number of carbonyl (C=O) groups is 1. The molecule has 1 aromatic rings. The van der Waals surface area contributed by atoms with E-state index >= 15 is 0 Å². The second-order valence-electron chi connectivity index (χ2n) is 5.77. The average molecular weight is 391 g/mol. The fraction of sp³-hybridized carbons (Fsp3) is 0.562. The molecule has 0 saturated carbocycles. The monoisotopic (exact) mass is 390 g/mol. The van der Waals surface area contributed by atoms with Crippen molar-refractivity contribution in [2.24, 2.45) is 0 Å². The van der Waals surface area contributed by atoms with Gasteiger partial charge in [-0.3, -0.25) is 4.79 Å². The summed E-state index contributed by atoms with van der Waals surface area (Å²) in [6.45, 7) is 1.17. The van der Waals surface area contributed by atoms with E-state index in [2.05, 4.69) is 5.32 Å². The fourth-order valence-corrected chi connectivity index (χ4v) is 4.36. The van der Waals surface area contributed by atoms with Crippen molar-refractivity contribution in [2.75, 3.05) is 32.8 Å². The smallest absolute Gasteiger partial charge is 0.257 e. The highest BCUT2D eigenvalue weighted by Gasteiger charge is 2.26. The van der Waals surface area contributed by atoms with Crippen molar-refractivity contribution in [3.8, 4) is 5.75 Å². The maximum atomic E-state index is 12.6. The number of benzene rings is 1. The van der Waals surface area contributed by atoms with E-state index in [9.17, 15) is 13.2 Å². The highest BCUT2D eigenvalue weighted by Crippen LogP contribution is 2.29. The topological polar surface area (TPSA) is 95.9 Å². The van der Waals surface area contributed by atoms with Gasteiger partial charge in [-0.25, -0.2) is 8.42 Å². The van der Waals surface area contributed by atoms with Gasteiger partial charge < -0.3 is 15.2 Å². The van der Waals surface area contributed by atoms with E-state index in [0.717, 1.165) is 19.3 Å². The molecule has 1 aromatic carbocycles. The molecule has 9 heteroatoms. The van der Waals surface area contributed by atoms with Gasteiger partial charge in [0.2, 0.25) is 10.0 Å². The molecule has 0 spiro atoms. The van der Waals surface area contributed by atoms with Crippen molar-refractivity contribution in [3.63, 3.8) is 0 Å². The van der Waals surface area contributed by atoms with Gasteiger partial charge in [-0.15, -0.1) is 0 Å². The largest absolute Gasteiger partial charge is 0.482 e. The van der Waals surface area contributed by atoms with E-state index in [1.165, 1.54) is 22.5 Å². The van der Waals surface area contributed by atoms with E-state index < -0.39 is 10.0 Å². The lowest BCUT2D eigenvalue weighted by Crippen LogP contribution is -2.35. The zero-order chi connectivity index (χ0) is 18.3. The maximum absolute atomic E-state index is 12.6. The Labute approximate surface area is 153 Å². The number of halogens is 1. The molecule has 0 aromatic heterocycles. The number of ether oxygens (including phenoxy) is 1. The average Bonchev–Trinajstić information content (AvgIpc) is 2.61. The van der Waals surface area contributed by atoms with Crippen LogP contribution in [0.25, 0.3) is 0 Å². The SMILES string of the molecule is O=C(COc1ccc(S(=O)(=O)N2CCCCC2)cc1Cl)NCCCO. The van der Waals surface area contributed by atoms with Gasteiger partial charge in [-0.1, -0.05) is 18.0 Å². The van der Waals surface area contributed by atoms with E-state index in [4.69, 9.17) is 21.4 Å². The van der Waals surface area contributed by atoms with E-state index in [0.29, 0.717) is 26.1 Å². The predicted molar refractivity (Wildman–Crippen MR) is 94.3 cm³/mol. The standard InChI is InChI=1S/C16H23ClN2O5S/c17-14-11-13(25(22,23)19-8-2-1-3-9-19)5-6-15(14)24-12-16(21)18-7-4-10-20/h5-6,11,20H,1-4,7-10,12H2,(H,18,21). The van der Waals surface area contributed by atoms with Crippen molar-refractivity contribution < 1.29 is 23.1 Å². The van der Waals surface area contributed by atoms with Gasteiger partial charge in [0.05, 0.1) is 9.92 Å². The Balaban J connectivity index is 1.99. The molecular weight excluding hydrogens is 368 g/mol. The molecule has 1 heterocycles. The highest BCUT2D eigenvalue weighted by molar-refractivity contribution is 7.89. The van der Waals surface area contributed by atoms with Crippen LogP contribution in [0.5, 0.6) is 5.75 Å². The lowest BCUT2D eigenvalue weighted by molar-refractivity contribution is -0.123. The number of hydrogen-bond donors (Lipinski definition) is 2. The lowest BCUT2D eigenvalue weighted by atomic mass is 10.2. The number of aliphatic hydroxyl groups excluding tert-OH is 1. The Bertz CT molecular complexity index is 690. The molecule has 1 amide bonds. The second kappa shape index (κ2) is 9.38. The molecule has 1 aliphatic rings. The fourth-order valence-electron chi connectivity index (χ4n) is 2.51. The number of rotatable bonds is 8. The van der Waals surface area contributed by atoms with Crippen LogP contribution in [0.2, 0.25) is 5.02 Å². The minimum absolute atomic E-state index is 0.0000803. The summed E-state index contributed by atoms with van der Waals surface area (Å²) in [6, 6.07) is 4.25. The molecule has 0 unspecified atom stereocenters. The zero-order valence-electron chi connectivity index (χ0n) is 13.9. The molecule has 2 N–H and O–H groups in total. The molecule has 1 saturated heterocycles. The summed E-state index contributed by atoms with van der Waals surface area (Å²) in [7, 11) is -3.56. The van der Waals surface area contributed by atoms with Crippen LogP contribution in [-0.4, -0.2) is 56.6 Å². The first-order chi connectivity index (χ1) is 11.9. The second-order valence-corrected chi connectivity index (χ2v) is 8.12. The summed E-state index contributed by atoms with van der Waals surface area (Å²) >= 11 is 6.11. The summed E-state index contributed by atoms with van der Waals surface area (Å²) in [5, 5.41) is 11.4. The molecule has 25 heavy (non-hydrogen) atoms. The third kappa shape index (κ3) is 5.57. The molecule has 1 aliphatic heterocycles. The Morgan fingerprint density at radius 2 is 2.00 bits per heavy atom.